The van der Waals surface area contributed by atoms with E-state index in [0.29, 0.717) is 40.0 Å². The van der Waals surface area contributed by atoms with E-state index in [0.717, 1.165) is 0 Å². The van der Waals surface area contributed by atoms with Gasteiger partial charge in [-0.25, -0.2) is 14.4 Å². The number of hydrogen-bond acceptors (Lipinski definition) is 6. The minimum absolute atomic E-state index is 0.121. The van der Waals surface area contributed by atoms with Gasteiger partial charge in [-0.2, -0.15) is 5.10 Å². The van der Waals surface area contributed by atoms with Gasteiger partial charge in [-0.05, 0) is 31.2 Å². The molecule has 0 amide bonds. The lowest BCUT2D eigenvalue weighted by molar-refractivity contribution is -0.385. The van der Waals surface area contributed by atoms with E-state index in [1.165, 1.54) is 37.7 Å². The summed E-state index contributed by atoms with van der Waals surface area (Å²) in [6.45, 7) is 2.56. The Kier molecular flexibility index (Phi) is 4.63. The minimum Gasteiger partial charge on any atom is -0.490 e. The SMILES string of the molecule is CCn1cc(-c2ncnc3cc(OC)c([N+](=O)[O-])cc23)c(-c2ccc(F)cc2)n1. The van der Waals surface area contributed by atoms with Gasteiger partial charge in [-0.3, -0.25) is 14.8 Å². The van der Waals surface area contributed by atoms with Crippen LogP contribution in [0, 0.1) is 15.9 Å². The molecule has 0 saturated carbocycles. The molecular weight excluding hydrogens is 377 g/mol. The number of ether oxygens (including phenoxy) is 1. The van der Waals surface area contributed by atoms with Crippen LogP contribution in [0.15, 0.2) is 48.9 Å². The number of nitro groups is 1. The third-order valence-corrected chi connectivity index (χ3v) is 4.59. The van der Waals surface area contributed by atoms with E-state index in [4.69, 9.17) is 4.74 Å². The fourth-order valence-corrected chi connectivity index (χ4v) is 3.17. The summed E-state index contributed by atoms with van der Waals surface area (Å²) < 4.78 is 20.2. The number of aryl methyl sites for hydroxylation is 1. The summed E-state index contributed by atoms with van der Waals surface area (Å²) in [4.78, 5) is 19.6. The number of benzene rings is 2. The Balaban J connectivity index is 2.00. The number of nitro benzene ring substituents is 1. The van der Waals surface area contributed by atoms with Gasteiger partial charge >= 0.3 is 5.69 Å². The Morgan fingerprint density at radius 3 is 2.59 bits per heavy atom. The molecule has 0 aliphatic rings. The Labute approximate surface area is 164 Å². The first kappa shape index (κ1) is 18.5. The highest BCUT2D eigenvalue weighted by atomic mass is 19.1. The smallest absolute Gasteiger partial charge is 0.311 e. The van der Waals surface area contributed by atoms with E-state index in [9.17, 15) is 14.5 Å². The first-order valence-electron chi connectivity index (χ1n) is 8.82. The molecule has 8 nitrogen and oxygen atoms in total. The molecule has 29 heavy (non-hydrogen) atoms. The second-order valence-electron chi connectivity index (χ2n) is 6.27. The lowest BCUT2D eigenvalue weighted by Gasteiger charge is -2.08. The van der Waals surface area contributed by atoms with Gasteiger partial charge in [-0.15, -0.1) is 0 Å². The number of halogens is 1. The number of rotatable bonds is 5. The van der Waals surface area contributed by atoms with Crippen LogP contribution in [0.4, 0.5) is 10.1 Å². The van der Waals surface area contributed by atoms with E-state index in [1.54, 1.807) is 16.8 Å². The minimum atomic E-state index is -0.509. The molecule has 0 aliphatic carbocycles. The van der Waals surface area contributed by atoms with E-state index in [-0.39, 0.29) is 17.3 Å². The molecule has 0 fully saturated rings. The number of hydrogen-bond donors (Lipinski definition) is 0. The summed E-state index contributed by atoms with van der Waals surface area (Å²) in [7, 11) is 1.37. The van der Waals surface area contributed by atoms with Gasteiger partial charge in [0.25, 0.3) is 0 Å². The maximum Gasteiger partial charge on any atom is 0.311 e. The van der Waals surface area contributed by atoms with Crippen molar-refractivity contribution in [3.05, 3.63) is 64.9 Å². The van der Waals surface area contributed by atoms with Crippen molar-refractivity contribution in [3.8, 4) is 28.3 Å². The van der Waals surface area contributed by atoms with Crippen LogP contribution < -0.4 is 4.74 Å². The van der Waals surface area contributed by atoms with E-state index < -0.39 is 4.92 Å². The molecule has 0 radical (unpaired) electrons. The molecule has 0 bridgehead atoms. The number of fused-ring (bicyclic) bond motifs is 1. The summed E-state index contributed by atoms with van der Waals surface area (Å²) in [5.74, 6) is -0.226. The average Bonchev–Trinajstić information content (AvgIpc) is 3.17. The highest BCUT2D eigenvalue weighted by Crippen LogP contribution is 2.38. The van der Waals surface area contributed by atoms with Gasteiger partial charge in [0.2, 0.25) is 0 Å². The molecule has 0 saturated heterocycles. The topological polar surface area (TPSA) is 96.0 Å². The van der Waals surface area contributed by atoms with Crippen molar-refractivity contribution in [3.63, 3.8) is 0 Å². The molecule has 4 aromatic rings. The van der Waals surface area contributed by atoms with Crippen molar-refractivity contribution in [2.75, 3.05) is 7.11 Å². The molecule has 2 heterocycles. The summed E-state index contributed by atoms with van der Waals surface area (Å²) >= 11 is 0. The van der Waals surface area contributed by atoms with Crippen LogP contribution in [0.25, 0.3) is 33.4 Å². The summed E-state index contributed by atoms with van der Waals surface area (Å²) in [6, 6.07) is 8.91. The van der Waals surface area contributed by atoms with E-state index in [1.807, 2.05) is 13.1 Å². The number of methoxy groups -OCH3 is 1. The van der Waals surface area contributed by atoms with Gasteiger partial charge in [-0.1, -0.05) is 0 Å². The predicted molar refractivity (Wildman–Crippen MR) is 105 cm³/mol. The van der Waals surface area contributed by atoms with Crippen LogP contribution in [0.1, 0.15) is 6.92 Å². The van der Waals surface area contributed by atoms with Crippen LogP contribution in [0.3, 0.4) is 0 Å². The molecule has 2 aromatic heterocycles. The van der Waals surface area contributed by atoms with Crippen molar-refractivity contribution in [1.82, 2.24) is 19.7 Å². The standard InChI is InChI=1S/C20H16FN5O3/c1-3-25-10-15(19(24-25)12-4-6-13(21)7-5-12)20-14-8-17(26(27)28)18(29-2)9-16(14)22-11-23-20/h4-11H,3H2,1-2H3. The van der Waals surface area contributed by atoms with Gasteiger partial charge in [0.1, 0.15) is 17.8 Å². The van der Waals surface area contributed by atoms with Gasteiger partial charge in [0, 0.05) is 41.4 Å². The molecule has 9 heteroatoms. The fourth-order valence-electron chi connectivity index (χ4n) is 3.17. The molecule has 4 rings (SSSR count). The Morgan fingerprint density at radius 2 is 1.93 bits per heavy atom. The summed E-state index contributed by atoms with van der Waals surface area (Å²) in [5.41, 5.74) is 2.81. The zero-order valence-corrected chi connectivity index (χ0v) is 15.7. The predicted octanol–water partition coefficient (Wildman–Crippen LogP) is 4.24. The number of nitrogens with zero attached hydrogens (tertiary/aromatic N) is 5. The molecule has 0 N–H and O–H groups in total. The molecule has 0 unspecified atom stereocenters. The normalized spacial score (nSPS) is 11.0. The lowest BCUT2D eigenvalue weighted by Crippen LogP contribution is -1.96. The summed E-state index contributed by atoms with van der Waals surface area (Å²) in [6.07, 6.45) is 3.21. The zero-order valence-electron chi connectivity index (χ0n) is 15.7. The second kappa shape index (κ2) is 7.27. The quantitative estimate of drug-likeness (QED) is 0.372. The largest absolute Gasteiger partial charge is 0.490 e. The van der Waals surface area contributed by atoms with Crippen molar-refractivity contribution in [2.24, 2.45) is 0 Å². The van der Waals surface area contributed by atoms with Crippen LogP contribution in [0.5, 0.6) is 5.75 Å². The van der Waals surface area contributed by atoms with E-state index in [2.05, 4.69) is 15.1 Å². The first-order valence-corrected chi connectivity index (χ1v) is 8.82. The monoisotopic (exact) mass is 393 g/mol. The Morgan fingerprint density at radius 1 is 1.17 bits per heavy atom. The molecule has 0 aliphatic heterocycles. The van der Waals surface area contributed by atoms with Crippen molar-refractivity contribution >= 4 is 16.6 Å². The zero-order chi connectivity index (χ0) is 20.5. The second-order valence-corrected chi connectivity index (χ2v) is 6.27. The third kappa shape index (κ3) is 3.27. The fraction of sp³-hybridized carbons (Fsp3) is 0.150. The van der Waals surface area contributed by atoms with E-state index >= 15 is 0 Å². The molecule has 0 atom stereocenters. The van der Waals surface area contributed by atoms with Gasteiger partial charge in [0.05, 0.1) is 23.2 Å². The van der Waals surface area contributed by atoms with Crippen LogP contribution in [-0.2, 0) is 6.54 Å². The third-order valence-electron chi connectivity index (χ3n) is 4.59. The van der Waals surface area contributed by atoms with Crippen LogP contribution in [0.2, 0.25) is 0 Å². The van der Waals surface area contributed by atoms with Crippen LogP contribution in [-0.4, -0.2) is 31.8 Å². The molecular formula is C20H16FN5O3. The lowest BCUT2D eigenvalue weighted by atomic mass is 10.0. The maximum absolute atomic E-state index is 13.4. The van der Waals surface area contributed by atoms with Crippen LogP contribution >= 0.6 is 0 Å². The van der Waals surface area contributed by atoms with Crippen molar-refractivity contribution in [2.45, 2.75) is 13.5 Å². The van der Waals surface area contributed by atoms with Gasteiger partial charge < -0.3 is 4.74 Å². The molecule has 2 aromatic carbocycles. The Hall–Kier alpha value is -3.88. The maximum atomic E-state index is 13.4. The number of aromatic nitrogens is 4. The average molecular weight is 393 g/mol. The van der Waals surface area contributed by atoms with Gasteiger partial charge in [0.15, 0.2) is 5.75 Å². The van der Waals surface area contributed by atoms with Crippen molar-refractivity contribution in [1.29, 1.82) is 0 Å². The highest BCUT2D eigenvalue weighted by Gasteiger charge is 2.22. The van der Waals surface area contributed by atoms with Crippen molar-refractivity contribution < 1.29 is 14.1 Å². The molecule has 0 spiro atoms. The Bertz CT molecular complexity index is 1220. The summed E-state index contributed by atoms with van der Waals surface area (Å²) in [5, 5.41) is 16.6. The highest BCUT2D eigenvalue weighted by molar-refractivity contribution is 5.97. The molecule has 146 valence electrons. The first-order chi connectivity index (χ1) is 14.0.